The maximum atomic E-state index is 11.2. The number of aromatic carboxylic acids is 1. The topological polar surface area (TPSA) is 59.4 Å². The Morgan fingerprint density at radius 2 is 2.17 bits per heavy atom. The van der Waals surface area contributed by atoms with E-state index in [0.717, 1.165) is 23.7 Å². The van der Waals surface area contributed by atoms with Gasteiger partial charge in [0.05, 0.1) is 12.1 Å². The van der Waals surface area contributed by atoms with Crippen LogP contribution >= 0.6 is 0 Å². The Bertz CT molecular complexity index is 566. The lowest BCUT2D eigenvalue weighted by Gasteiger charge is -2.11. The normalized spacial score (nSPS) is 10.5. The van der Waals surface area contributed by atoms with Crippen molar-refractivity contribution < 1.29 is 14.6 Å². The Labute approximate surface area is 105 Å². The number of aromatic nitrogens is 1. The van der Waals surface area contributed by atoms with Gasteiger partial charge in [0.15, 0.2) is 0 Å². The molecule has 0 aliphatic heterocycles. The second kappa shape index (κ2) is 5.49. The second-order valence-corrected chi connectivity index (χ2v) is 4.03. The molecule has 0 aliphatic rings. The Morgan fingerprint density at radius 3 is 2.89 bits per heavy atom. The summed E-state index contributed by atoms with van der Waals surface area (Å²) in [5.41, 5.74) is 0.860. The summed E-state index contributed by atoms with van der Waals surface area (Å²) in [6.07, 6.45) is 3.26. The highest BCUT2D eigenvalue weighted by Crippen LogP contribution is 2.28. The van der Waals surface area contributed by atoms with Crippen molar-refractivity contribution in [2.24, 2.45) is 0 Å². The summed E-state index contributed by atoms with van der Waals surface area (Å²) < 4.78 is 5.63. The van der Waals surface area contributed by atoms with Crippen molar-refractivity contribution in [2.75, 3.05) is 6.61 Å². The molecule has 18 heavy (non-hydrogen) atoms. The number of rotatable bonds is 5. The lowest BCUT2D eigenvalue weighted by atomic mass is 10.1. The third kappa shape index (κ3) is 2.42. The Balaban J connectivity index is 2.48. The molecule has 0 unspecified atom stereocenters. The monoisotopic (exact) mass is 245 g/mol. The number of benzene rings is 1. The summed E-state index contributed by atoms with van der Waals surface area (Å²) in [5, 5.41) is 9.91. The SMILES string of the molecule is CCCCOc1c(C(=O)O)cnc2ccccc12. The maximum Gasteiger partial charge on any atom is 0.341 e. The van der Waals surface area contributed by atoms with Crippen LogP contribution in [0.25, 0.3) is 10.9 Å². The largest absolute Gasteiger partial charge is 0.492 e. The van der Waals surface area contributed by atoms with Gasteiger partial charge < -0.3 is 9.84 Å². The Hall–Kier alpha value is -2.10. The van der Waals surface area contributed by atoms with Crippen LogP contribution in [0.15, 0.2) is 30.5 Å². The van der Waals surface area contributed by atoms with Crippen molar-refractivity contribution in [3.8, 4) is 5.75 Å². The number of pyridine rings is 1. The van der Waals surface area contributed by atoms with Crippen LogP contribution in [0.5, 0.6) is 5.75 Å². The molecule has 1 aromatic carbocycles. The minimum absolute atomic E-state index is 0.116. The number of hydrogen-bond donors (Lipinski definition) is 1. The van der Waals surface area contributed by atoms with E-state index in [1.165, 1.54) is 6.20 Å². The van der Waals surface area contributed by atoms with Gasteiger partial charge in [-0.25, -0.2) is 4.79 Å². The first kappa shape index (κ1) is 12.4. The molecule has 0 amide bonds. The molecule has 1 N–H and O–H groups in total. The number of nitrogens with zero attached hydrogens (tertiary/aromatic N) is 1. The molecule has 0 aliphatic carbocycles. The van der Waals surface area contributed by atoms with Crippen LogP contribution in [-0.2, 0) is 0 Å². The predicted molar refractivity (Wildman–Crippen MR) is 69.1 cm³/mol. The Morgan fingerprint density at radius 1 is 1.39 bits per heavy atom. The smallest absolute Gasteiger partial charge is 0.341 e. The summed E-state index contributed by atoms with van der Waals surface area (Å²) in [6.45, 7) is 2.58. The quantitative estimate of drug-likeness (QED) is 0.822. The molecule has 0 saturated carbocycles. The van der Waals surface area contributed by atoms with E-state index in [1.54, 1.807) is 0 Å². The Kier molecular flexibility index (Phi) is 3.77. The van der Waals surface area contributed by atoms with E-state index in [-0.39, 0.29) is 5.56 Å². The van der Waals surface area contributed by atoms with Crippen molar-refractivity contribution in [1.29, 1.82) is 0 Å². The fraction of sp³-hybridized carbons (Fsp3) is 0.286. The number of carboxylic acids is 1. The average Bonchev–Trinajstić information content (AvgIpc) is 2.38. The molecular formula is C14H15NO3. The van der Waals surface area contributed by atoms with E-state index in [2.05, 4.69) is 11.9 Å². The van der Waals surface area contributed by atoms with Crippen LogP contribution in [0.4, 0.5) is 0 Å². The van der Waals surface area contributed by atoms with Gasteiger partial charge in [0.25, 0.3) is 0 Å². The van der Waals surface area contributed by atoms with E-state index in [0.29, 0.717) is 12.4 Å². The van der Waals surface area contributed by atoms with Gasteiger partial charge in [-0.3, -0.25) is 4.98 Å². The predicted octanol–water partition coefficient (Wildman–Crippen LogP) is 3.11. The van der Waals surface area contributed by atoms with Gasteiger partial charge in [-0.1, -0.05) is 25.5 Å². The van der Waals surface area contributed by atoms with Gasteiger partial charge in [-0.2, -0.15) is 0 Å². The highest BCUT2D eigenvalue weighted by molar-refractivity contribution is 5.98. The van der Waals surface area contributed by atoms with Gasteiger partial charge in [0.1, 0.15) is 11.3 Å². The second-order valence-electron chi connectivity index (χ2n) is 4.03. The molecule has 94 valence electrons. The fourth-order valence-electron chi connectivity index (χ4n) is 1.74. The number of ether oxygens (including phenoxy) is 1. The molecule has 0 radical (unpaired) electrons. The lowest BCUT2D eigenvalue weighted by Crippen LogP contribution is -2.06. The molecule has 1 heterocycles. The van der Waals surface area contributed by atoms with Gasteiger partial charge in [-0.05, 0) is 18.6 Å². The first-order valence-electron chi connectivity index (χ1n) is 5.98. The summed E-state index contributed by atoms with van der Waals surface area (Å²) in [4.78, 5) is 15.3. The molecule has 0 fully saturated rings. The number of unbranched alkanes of at least 4 members (excludes halogenated alkanes) is 1. The first-order chi connectivity index (χ1) is 8.74. The van der Waals surface area contributed by atoms with Gasteiger partial charge >= 0.3 is 5.97 Å². The molecule has 0 saturated heterocycles. The van der Waals surface area contributed by atoms with Crippen LogP contribution in [0, 0.1) is 0 Å². The molecule has 1 aromatic heterocycles. The van der Waals surface area contributed by atoms with E-state index in [9.17, 15) is 4.79 Å². The van der Waals surface area contributed by atoms with Crippen molar-refractivity contribution in [3.05, 3.63) is 36.0 Å². The molecule has 0 atom stereocenters. The number of carboxylic acid groups (broad SMARTS) is 1. The number of carbonyl (C=O) groups is 1. The minimum atomic E-state index is -1.01. The summed E-state index contributed by atoms with van der Waals surface area (Å²) >= 11 is 0. The van der Waals surface area contributed by atoms with Crippen molar-refractivity contribution in [2.45, 2.75) is 19.8 Å². The van der Waals surface area contributed by atoms with Crippen LogP contribution < -0.4 is 4.74 Å². The summed E-state index contributed by atoms with van der Waals surface area (Å²) in [5.74, 6) is -0.596. The van der Waals surface area contributed by atoms with Crippen LogP contribution in [0.1, 0.15) is 30.1 Å². The average molecular weight is 245 g/mol. The number of fused-ring (bicyclic) bond motifs is 1. The minimum Gasteiger partial charge on any atom is -0.492 e. The van der Waals surface area contributed by atoms with E-state index >= 15 is 0 Å². The summed E-state index contributed by atoms with van der Waals surface area (Å²) in [6, 6.07) is 7.39. The lowest BCUT2D eigenvalue weighted by molar-refractivity contribution is 0.0692. The molecule has 4 heteroatoms. The number of para-hydroxylation sites is 1. The van der Waals surface area contributed by atoms with Crippen molar-refractivity contribution >= 4 is 16.9 Å². The van der Waals surface area contributed by atoms with Crippen molar-refractivity contribution in [1.82, 2.24) is 4.98 Å². The molecule has 2 aromatic rings. The van der Waals surface area contributed by atoms with Gasteiger partial charge in [0, 0.05) is 11.6 Å². The standard InChI is InChI=1S/C14H15NO3/c1-2-3-8-18-13-10-6-4-5-7-12(10)15-9-11(13)14(16)17/h4-7,9H,2-3,8H2,1H3,(H,16,17). The first-order valence-corrected chi connectivity index (χ1v) is 5.98. The van der Waals surface area contributed by atoms with Crippen LogP contribution in [0.2, 0.25) is 0 Å². The molecular weight excluding hydrogens is 230 g/mol. The highest BCUT2D eigenvalue weighted by atomic mass is 16.5. The van der Waals surface area contributed by atoms with E-state index in [1.807, 2.05) is 24.3 Å². The zero-order valence-electron chi connectivity index (χ0n) is 10.2. The summed E-state index contributed by atoms with van der Waals surface area (Å²) in [7, 11) is 0. The number of hydrogen-bond acceptors (Lipinski definition) is 3. The highest BCUT2D eigenvalue weighted by Gasteiger charge is 2.15. The van der Waals surface area contributed by atoms with E-state index < -0.39 is 5.97 Å². The fourth-order valence-corrected chi connectivity index (χ4v) is 1.74. The third-order valence-corrected chi connectivity index (χ3v) is 2.70. The maximum absolute atomic E-state index is 11.2. The van der Waals surface area contributed by atoms with Crippen molar-refractivity contribution in [3.63, 3.8) is 0 Å². The van der Waals surface area contributed by atoms with Crippen LogP contribution in [0.3, 0.4) is 0 Å². The third-order valence-electron chi connectivity index (χ3n) is 2.70. The van der Waals surface area contributed by atoms with Gasteiger partial charge in [0.2, 0.25) is 0 Å². The molecule has 0 spiro atoms. The molecule has 0 bridgehead atoms. The van der Waals surface area contributed by atoms with Gasteiger partial charge in [-0.15, -0.1) is 0 Å². The van der Waals surface area contributed by atoms with E-state index in [4.69, 9.17) is 9.84 Å². The molecule has 2 rings (SSSR count). The zero-order chi connectivity index (χ0) is 13.0. The van der Waals surface area contributed by atoms with Crippen LogP contribution in [-0.4, -0.2) is 22.7 Å². The molecule has 4 nitrogen and oxygen atoms in total. The zero-order valence-corrected chi connectivity index (χ0v) is 10.2.